The third-order valence-electron chi connectivity index (χ3n) is 4.01. The van der Waals surface area contributed by atoms with Crippen LogP contribution >= 0.6 is 0 Å². The van der Waals surface area contributed by atoms with Crippen LogP contribution < -0.4 is 10.9 Å². The van der Waals surface area contributed by atoms with Gasteiger partial charge in [-0.05, 0) is 26.7 Å². The summed E-state index contributed by atoms with van der Waals surface area (Å²) >= 11 is 0. The molecule has 0 spiro atoms. The van der Waals surface area contributed by atoms with Crippen molar-refractivity contribution in [3.05, 3.63) is 45.7 Å². The molecule has 0 radical (unpaired) electrons. The molecular formula is C15H19N5O2. The first-order valence-electron chi connectivity index (χ1n) is 7.42. The number of carbonyl (C=O) groups is 1. The molecule has 0 saturated heterocycles. The zero-order valence-corrected chi connectivity index (χ0v) is 12.7. The lowest BCUT2D eigenvalue weighted by Gasteiger charge is -2.07. The first kappa shape index (κ1) is 14.5. The van der Waals surface area contributed by atoms with E-state index in [2.05, 4.69) is 20.3 Å². The number of hydrogen-bond acceptors (Lipinski definition) is 4. The van der Waals surface area contributed by atoms with Crippen LogP contribution in [0.5, 0.6) is 0 Å². The molecule has 1 saturated carbocycles. The van der Waals surface area contributed by atoms with Crippen LogP contribution in [0.3, 0.4) is 0 Å². The van der Waals surface area contributed by atoms with Crippen molar-refractivity contribution in [3.8, 4) is 0 Å². The van der Waals surface area contributed by atoms with Gasteiger partial charge in [-0.1, -0.05) is 0 Å². The molecule has 0 unspecified atom stereocenters. The van der Waals surface area contributed by atoms with Crippen molar-refractivity contribution in [2.45, 2.75) is 39.2 Å². The maximum Gasteiger partial charge on any atom is 0.263 e. The molecular weight excluding hydrogens is 282 g/mol. The van der Waals surface area contributed by atoms with Crippen LogP contribution in [-0.2, 0) is 6.54 Å². The number of amides is 1. The summed E-state index contributed by atoms with van der Waals surface area (Å²) in [5, 5.41) is 2.74. The minimum atomic E-state index is -0.398. The van der Waals surface area contributed by atoms with Crippen molar-refractivity contribution < 1.29 is 4.79 Å². The van der Waals surface area contributed by atoms with E-state index in [1.165, 1.54) is 6.20 Å². The second-order valence-electron chi connectivity index (χ2n) is 5.65. The third kappa shape index (κ3) is 2.93. The van der Waals surface area contributed by atoms with Crippen LogP contribution in [0.2, 0.25) is 0 Å². The molecule has 7 heteroatoms. The number of H-pyrrole nitrogens is 1. The van der Waals surface area contributed by atoms with E-state index in [0.717, 1.165) is 24.2 Å². The highest BCUT2D eigenvalue weighted by Gasteiger charge is 2.26. The van der Waals surface area contributed by atoms with Gasteiger partial charge in [0.1, 0.15) is 11.4 Å². The number of aromatic nitrogens is 4. The van der Waals surface area contributed by atoms with E-state index < -0.39 is 5.91 Å². The molecule has 7 nitrogen and oxygen atoms in total. The van der Waals surface area contributed by atoms with Crippen molar-refractivity contribution in [2.75, 3.05) is 6.54 Å². The first-order valence-corrected chi connectivity index (χ1v) is 7.42. The Morgan fingerprint density at radius 3 is 2.77 bits per heavy atom. The standard InChI is InChI=1S/C15H19N5O2/c1-9-10(2)20(8-18-9)6-5-16-14(21)12-7-17-13(11-3-4-11)19-15(12)22/h7-8,11H,3-6H2,1-2H3,(H,16,21)(H,17,19,22). The number of carbonyl (C=O) groups excluding carboxylic acids is 1. The van der Waals surface area contributed by atoms with Gasteiger partial charge in [0.2, 0.25) is 0 Å². The molecule has 2 aromatic heterocycles. The third-order valence-corrected chi connectivity index (χ3v) is 4.01. The second-order valence-corrected chi connectivity index (χ2v) is 5.65. The SMILES string of the molecule is Cc1ncn(CCNC(=O)c2cnc(C3CC3)[nH]c2=O)c1C. The molecule has 0 aliphatic heterocycles. The fourth-order valence-corrected chi connectivity index (χ4v) is 2.29. The van der Waals surface area contributed by atoms with Crippen molar-refractivity contribution >= 4 is 5.91 Å². The normalized spacial score (nSPS) is 14.1. The molecule has 0 atom stereocenters. The number of rotatable bonds is 5. The smallest absolute Gasteiger partial charge is 0.263 e. The first-order chi connectivity index (χ1) is 10.6. The van der Waals surface area contributed by atoms with E-state index in [4.69, 9.17) is 0 Å². The minimum absolute atomic E-state index is 0.0583. The Labute approximate surface area is 127 Å². The van der Waals surface area contributed by atoms with E-state index in [0.29, 0.717) is 24.8 Å². The summed E-state index contributed by atoms with van der Waals surface area (Å²) in [6, 6.07) is 0. The molecule has 1 aliphatic carbocycles. The fourth-order valence-electron chi connectivity index (χ4n) is 2.29. The molecule has 1 fully saturated rings. The number of aryl methyl sites for hydroxylation is 1. The molecule has 116 valence electrons. The van der Waals surface area contributed by atoms with Gasteiger partial charge >= 0.3 is 0 Å². The maximum absolute atomic E-state index is 12.0. The van der Waals surface area contributed by atoms with Crippen molar-refractivity contribution in [1.82, 2.24) is 24.8 Å². The van der Waals surface area contributed by atoms with Gasteiger partial charge in [0, 0.05) is 30.9 Å². The van der Waals surface area contributed by atoms with Gasteiger partial charge in [-0.2, -0.15) is 0 Å². The van der Waals surface area contributed by atoms with E-state index in [1.54, 1.807) is 6.33 Å². The van der Waals surface area contributed by atoms with Crippen molar-refractivity contribution in [2.24, 2.45) is 0 Å². The summed E-state index contributed by atoms with van der Waals surface area (Å²) in [5.41, 5.74) is 1.73. The van der Waals surface area contributed by atoms with Crippen LogP contribution in [0.15, 0.2) is 17.3 Å². The minimum Gasteiger partial charge on any atom is -0.350 e. The van der Waals surface area contributed by atoms with Gasteiger partial charge in [-0.15, -0.1) is 0 Å². The summed E-state index contributed by atoms with van der Waals surface area (Å²) in [5.74, 6) is 0.647. The second kappa shape index (κ2) is 5.75. The van der Waals surface area contributed by atoms with Gasteiger partial charge in [-0.3, -0.25) is 9.59 Å². The molecule has 1 amide bonds. The molecule has 2 aromatic rings. The number of aromatic amines is 1. The van der Waals surface area contributed by atoms with Gasteiger partial charge < -0.3 is 14.9 Å². The Bertz CT molecular complexity index is 758. The van der Waals surface area contributed by atoms with Crippen LogP contribution in [0.4, 0.5) is 0 Å². The van der Waals surface area contributed by atoms with Gasteiger partial charge in [0.05, 0.1) is 12.0 Å². The maximum atomic E-state index is 12.0. The number of nitrogens with one attached hydrogen (secondary N) is 2. The predicted molar refractivity (Wildman–Crippen MR) is 80.9 cm³/mol. The number of hydrogen-bond donors (Lipinski definition) is 2. The highest BCUT2D eigenvalue weighted by Crippen LogP contribution is 2.37. The quantitative estimate of drug-likeness (QED) is 0.858. The molecule has 2 N–H and O–H groups in total. The molecule has 2 heterocycles. The zero-order valence-electron chi connectivity index (χ0n) is 12.7. The van der Waals surface area contributed by atoms with E-state index in [9.17, 15) is 9.59 Å². The van der Waals surface area contributed by atoms with Crippen LogP contribution in [0.1, 0.15) is 46.3 Å². The summed E-state index contributed by atoms with van der Waals surface area (Å²) in [4.78, 5) is 35.1. The Balaban J connectivity index is 1.60. The summed E-state index contributed by atoms with van der Waals surface area (Å²) in [6.45, 7) is 4.97. The largest absolute Gasteiger partial charge is 0.350 e. The fraction of sp³-hybridized carbons (Fsp3) is 0.467. The summed E-state index contributed by atoms with van der Waals surface area (Å²) in [7, 11) is 0. The average molecular weight is 301 g/mol. The van der Waals surface area contributed by atoms with E-state index in [-0.39, 0.29) is 11.1 Å². The van der Waals surface area contributed by atoms with Crippen LogP contribution in [-0.4, -0.2) is 32.0 Å². The van der Waals surface area contributed by atoms with E-state index in [1.807, 2.05) is 18.4 Å². The van der Waals surface area contributed by atoms with Crippen molar-refractivity contribution in [3.63, 3.8) is 0 Å². The topological polar surface area (TPSA) is 92.7 Å². The van der Waals surface area contributed by atoms with Crippen molar-refractivity contribution in [1.29, 1.82) is 0 Å². The van der Waals surface area contributed by atoms with Crippen LogP contribution in [0, 0.1) is 13.8 Å². The lowest BCUT2D eigenvalue weighted by Crippen LogP contribution is -2.32. The lowest BCUT2D eigenvalue weighted by molar-refractivity contribution is 0.0950. The Kier molecular flexibility index (Phi) is 3.79. The average Bonchev–Trinajstić information content (AvgIpc) is 3.29. The monoisotopic (exact) mass is 301 g/mol. The van der Waals surface area contributed by atoms with Gasteiger partial charge in [0.15, 0.2) is 0 Å². The zero-order chi connectivity index (χ0) is 15.7. The summed E-state index contributed by atoms with van der Waals surface area (Å²) < 4.78 is 1.97. The Morgan fingerprint density at radius 2 is 2.18 bits per heavy atom. The van der Waals surface area contributed by atoms with E-state index >= 15 is 0 Å². The molecule has 0 aromatic carbocycles. The molecule has 3 rings (SSSR count). The Morgan fingerprint density at radius 1 is 1.41 bits per heavy atom. The number of nitrogens with zero attached hydrogens (tertiary/aromatic N) is 3. The van der Waals surface area contributed by atoms with Gasteiger partial charge in [-0.25, -0.2) is 9.97 Å². The highest BCUT2D eigenvalue weighted by atomic mass is 16.2. The molecule has 22 heavy (non-hydrogen) atoms. The highest BCUT2D eigenvalue weighted by molar-refractivity contribution is 5.93. The van der Waals surface area contributed by atoms with Gasteiger partial charge in [0.25, 0.3) is 11.5 Å². The van der Waals surface area contributed by atoms with Crippen LogP contribution in [0.25, 0.3) is 0 Å². The summed E-state index contributed by atoms with van der Waals surface area (Å²) in [6.07, 6.45) is 5.22. The Hall–Kier alpha value is -2.44. The number of imidazole rings is 1. The predicted octanol–water partition coefficient (Wildman–Crippen LogP) is 0.891. The molecule has 0 bridgehead atoms. The lowest BCUT2D eigenvalue weighted by atomic mass is 10.3. The molecule has 1 aliphatic rings.